The van der Waals surface area contributed by atoms with Crippen LogP contribution in [0.3, 0.4) is 0 Å². The average molecular weight is 273 g/mol. The number of nitrogen functional groups attached to an aromatic ring is 1. The summed E-state index contributed by atoms with van der Waals surface area (Å²) in [6.07, 6.45) is -0.947. The van der Waals surface area contributed by atoms with Crippen LogP contribution in [0.15, 0.2) is 23.1 Å². The first kappa shape index (κ1) is 14.3. The largest absolute Gasteiger partial charge is 0.448 e. The van der Waals surface area contributed by atoms with Gasteiger partial charge in [0.25, 0.3) is 0 Å². The zero-order valence-electron chi connectivity index (χ0n) is 9.84. The molecule has 0 radical (unpaired) electrons. The molecule has 100 valence electrons. The first-order valence-corrected chi connectivity index (χ1v) is 6.59. The van der Waals surface area contributed by atoms with Crippen LogP contribution in [0, 0.1) is 6.92 Å². The van der Waals surface area contributed by atoms with Crippen LogP contribution in [-0.2, 0) is 14.8 Å². The molecule has 1 aromatic rings. The maximum absolute atomic E-state index is 11.8. The molecule has 0 aliphatic heterocycles. The number of aryl methyl sites for hydroxylation is 1. The van der Waals surface area contributed by atoms with Gasteiger partial charge in [-0.05, 0) is 30.7 Å². The fourth-order valence-corrected chi connectivity index (χ4v) is 2.32. The minimum atomic E-state index is -3.64. The lowest BCUT2D eigenvalue weighted by Gasteiger charge is -2.08. The standard InChI is InChI=1S/C10H15N3O4S/c1-7-6-8(2-3-9(7)11)18(15,16)13-4-5-17-10(12)14/h2-3,6,13H,4-5,11H2,1H3,(H2,12,14). The van der Waals surface area contributed by atoms with Crippen molar-refractivity contribution in [3.05, 3.63) is 23.8 Å². The number of rotatable bonds is 5. The summed E-state index contributed by atoms with van der Waals surface area (Å²) in [5, 5.41) is 0. The molecule has 18 heavy (non-hydrogen) atoms. The number of nitrogens with one attached hydrogen (secondary N) is 1. The summed E-state index contributed by atoms with van der Waals surface area (Å²) < 4.78 is 30.3. The fourth-order valence-electron chi connectivity index (χ4n) is 1.23. The summed E-state index contributed by atoms with van der Waals surface area (Å²) in [5.41, 5.74) is 11.5. The fraction of sp³-hybridized carbons (Fsp3) is 0.300. The van der Waals surface area contributed by atoms with Gasteiger partial charge < -0.3 is 16.2 Å². The van der Waals surface area contributed by atoms with E-state index in [-0.39, 0.29) is 18.0 Å². The van der Waals surface area contributed by atoms with Crippen LogP contribution in [0.4, 0.5) is 10.5 Å². The molecule has 8 heteroatoms. The summed E-state index contributed by atoms with van der Waals surface area (Å²) in [6, 6.07) is 4.38. The molecule has 0 atom stereocenters. The number of hydrogen-bond acceptors (Lipinski definition) is 5. The molecule has 1 aromatic carbocycles. The maximum atomic E-state index is 11.8. The van der Waals surface area contributed by atoms with Crippen molar-refractivity contribution in [3.63, 3.8) is 0 Å². The van der Waals surface area contributed by atoms with Gasteiger partial charge in [0.1, 0.15) is 6.61 Å². The van der Waals surface area contributed by atoms with Crippen molar-refractivity contribution < 1.29 is 17.9 Å². The van der Waals surface area contributed by atoms with Crippen LogP contribution in [0.2, 0.25) is 0 Å². The third kappa shape index (κ3) is 3.90. The van der Waals surface area contributed by atoms with Crippen molar-refractivity contribution in [2.45, 2.75) is 11.8 Å². The molecule has 0 saturated carbocycles. The Kier molecular flexibility index (Phi) is 4.51. The Morgan fingerprint density at radius 1 is 1.44 bits per heavy atom. The molecule has 7 nitrogen and oxygen atoms in total. The lowest BCUT2D eigenvalue weighted by atomic mass is 10.2. The Hall–Kier alpha value is -1.80. The van der Waals surface area contributed by atoms with Crippen LogP contribution in [0.1, 0.15) is 5.56 Å². The molecule has 0 saturated heterocycles. The second kappa shape index (κ2) is 5.69. The molecule has 0 fully saturated rings. The zero-order valence-corrected chi connectivity index (χ0v) is 10.7. The number of nitrogens with two attached hydrogens (primary N) is 2. The van der Waals surface area contributed by atoms with Gasteiger partial charge in [-0.1, -0.05) is 0 Å². The lowest BCUT2D eigenvalue weighted by Crippen LogP contribution is -2.29. The molecule has 0 heterocycles. The first-order valence-electron chi connectivity index (χ1n) is 5.11. The summed E-state index contributed by atoms with van der Waals surface area (Å²) in [6.45, 7) is 1.54. The highest BCUT2D eigenvalue weighted by atomic mass is 32.2. The first-order chi connectivity index (χ1) is 8.33. The van der Waals surface area contributed by atoms with E-state index in [1.54, 1.807) is 6.92 Å². The van der Waals surface area contributed by atoms with Crippen molar-refractivity contribution in [1.29, 1.82) is 0 Å². The van der Waals surface area contributed by atoms with Gasteiger partial charge in [-0.3, -0.25) is 0 Å². The van der Waals surface area contributed by atoms with Crippen LogP contribution in [0.25, 0.3) is 0 Å². The Balaban J connectivity index is 2.68. The van der Waals surface area contributed by atoms with E-state index in [4.69, 9.17) is 11.5 Å². The van der Waals surface area contributed by atoms with Crippen molar-refractivity contribution >= 4 is 21.8 Å². The van der Waals surface area contributed by atoms with Gasteiger partial charge in [0.2, 0.25) is 10.0 Å². The number of ether oxygens (including phenoxy) is 1. The SMILES string of the molecule is Cc1cc(S(=O)(=O)NCCOC(N)=O)ccc1N. The van der Waals surface area contributed by atoms with Gasteiger partial charge in [0.15, 0.2) is 0 Å². The summed E-state index contributed by atoms with van der Waals surface area (Å²) >= 11 is 0. The highest BCUT2D eigenvalue weighted by Crippen LogP contribution is 2.16. The molecule has 0 spiro atoms. The van der Waals surface area contributed by atoms with Crippen molar-refractivity contribution in [2.75, 3.05) is 18.9 Å². The van der Waals surface area contributed by atoms with E-state index in [2.05, 4.69) is 9.46 Å². The quantitative estimate of drug-likeness (QED) is 0.512. The normalized spacial score (nSPS) is 11.2. The van der Waals surface area contributed by atoms with E-state index in [1.165, 1.54) is 18.2 Å². The van der Waals surface area contributed by atoms with E-state index in [9.17, 15) is 13.2 Å². The summed E-state index contributed by atoms with van der Waals surface area (Å²) in [5.74, 6) is 0. The average Bonchev–Trinajstić information content (AvgIpc) is 2.28. The second-order valence-corrected chi connectivity index (χ2v) is 5.35. The van der Waals surface area contributed by atoms with Gasteiger partial charge in [0, 0.05) is 12.2 Å². The van der Waals surface area contributed by atoms with Gasteiger partial charge in [-0.25, -0.2) is 17.9 Å². The Morgan fingerprint density at radius 2 is 2.11 bits per heavy atom. The molecule has 0 aliphatic carbocycles. The highest BCUT2D eigenvalue weighted by molar-refractivity contribution is 7.89. The Morgan fingerprint density at radius 3 is 2.67 bits per heavy atom. The predicted octanol–water partition coefficient (Wildman–Crippen LogP) is -0.0492. The molecule has 0 unspecified atom stereocenters. The number of sulfonamides is 1. The van der Waals surface area contributed by atoms with Crippen LogP contribution < -0.4 is 16.2 Å². The second-order valence-electron chi connectivity index (χ2n) is 3.58. The van der Waals surface area contributed by atoms with Crippen LogP contribution in [-0.4, -0.2) is 27.7 Å². The Bertz CT molecular complexity index is 542. The number of carbonyl (C=O) groups is 1. The monoisotopic (exact) mass is 273 g/mol. The van der Waals surface area contributed by atoms with E-state index in [1.807, 2.05) is 0 Å². The minimum Gasteiger partial charge on any atom is -0.448 e. The summed E-state index contributed by atoms with van der Waals surface area (Å²) in [4.78, 5) is 10.4. The van der Waals surface area contributed by atoms with Gasteiger partial charge in [-0.2, -0.15) is 0 Å². The highest BCUT2D eigenvalue weighted by Gasteiger charge is 2.14. The molecule has 0 aromatic heterocycles. The van der Waals surface area contributed by atoms with Gasteiger partial charge in [0.05, 0.1) is 4.90 Å². The molecule has 1 amide bonds. The molecule has 1 rings (SSSR count). The predicted molar refractivity (Wildman–Crippen MR) is 66.3 cm³/mol. The zero-order chi connectivity index (χ0) is 13.8. The molecular weight excluding hydrogens is 258 g/mol. The van der Waals surface area contributed by atoms with E-state index < -0.39 is 16.1 Å². The molecular formula is C10H15N3O4S. The number of amides is 1. The topological polar surface area (TPSA) is 125 Å². The van der Waals surface area contributed by atoms with E-state index in [0.29, 0.717) is 11.3 Å². The van der Waals surface area contributed by atoms with E-state index in [0.717, 1.165) is 0 Å². The van der Waals surface area contributed by atoms with E-state index >= 15 is 0 Å². The third-order valence-corrected chi connectivity index (χ3v) is 3.65. The maximum Gasteiger partial charge on any atom is 0.404 e. The molecule has 0 aliphatic rings. The van der Waals surface area contributed by atoms with Crippen molar-refractivity contribution in [1.82, 2.24) is 4.72 Å². The lowest BCUT2D eigenvalue weighted by molar-refractivity contribution is 0.159. The van der Waals surface area contributed by atoms with Crippen molar-refractivity contribution in [3.8, 4) is 0 Å². The molecule has 5 N–H and O–H groups in total. The van der Waals surface area contributed by atoms with Gasteiger partial charge in [-0.15, -0.1) is 0 Å². The number of hydrogen-bond donors (Lipinski definition) is 3. The van der Waals surface area contributed by atoms with Crippen LogP contribution >= 0.6 is 0 Å². The number of benzene rings is 1. The smallest absolute Gasteiger partial charge is 0.404 e. The number of primary amides is 1. The molecule has 0 bridgehead atoms. The number of carbonyl (C=O) groups excluding carboxylic acids is 1. The summed E-state index contributed by atoms with van der Waals surface area (Å²) in [7, 11) is -3.64. The minimum absolute atomic E-state index is 0.0469. The van der Waals surface area contributed by atoms with Crippen molar-refractivity contribution in [2.24, 2.45) is 5.73 Å². The Labute approximate surface area is 105 Å². The van der Waals surface area contributed by atoms with Gasteiger partial charge >= 0.3 is 6.09 Å². The van der Waals surface area contributed by atoms with Crippen LogP contribution in [0.5, 0.6) is 0 Å². The third-order valence-electron chi connectivity index (χ3n) is 2.19. The number of anilines is 1.